The number of hydrogen-bond donors (Lipinski definition) is 2. The van der Waals surface area contributed by atoms with E-state index >= 15 is 0 Å². The molecule has 0 aliphatic carbocycles. The molecule has 2 amide bonds. The summed E-state index contributed by atoms with van der Waals surface area (Å²) in [5.74, 6) is 0.0364. The van der Waals surface area contributed by atoms with Crippen LogP contribution >= 0.6 is 0 Å². The molecule has 1 aliphatic rings. The Morgan fingerprint density at radius 1 is 1.11 bits per heavy atom. The number of carbonyl (C=O) groups excluding carboxylic acids is 2. The highest BCUT2D eigenvalue weighted by atomic mass is 16.5. The summed E-state index contributed by atoms with van der Waals surface area (Å²) in [6, 6.07) is 7.20. The fourth-order valence-corrected chi connectivity index (χ4v) is 3.62. The van der Waals surface area contributed by atoms with Crippen LogP contribution in [0.1, 0.15) is 49.9 Å². The number of carbonyl (C=O) groups is 2. The number of rotatable bonds is 9. The van der Waals surface area contributed by atoms with Gasteiger partial charge in [0.1, 0.15) is 0 Å². The van der Waals surface area contributed by atoms with Crippen LogP contribution in [0.3, 0.4) is 0 Å². The first kappa shape index (κ1) is 21.4. The molecule has 1 aliphatic heterocycles. The van der Waals surface area contributed by atoms with E-state index in [4.69, 9.17) is 4.74 Å². The first-order valence-corrected chi connectivity index (χ1v) is 9.96. The topological polar surface area (TPSA) is 70.7 Å². The molecule has 6 nitrogen and oxygen atoms in total. The van der Waals surface area contributed by atoms with Gasteiger partial charge in [0.2, 0.25) is 5.91 Å². The van der Waals surface area contributed by atoms with Gasteiger partial charge in [0.15, 0.2) is 0 Å². The Bertz CT molecular complexity index is 598. The number of nitrogens with zero attached hydrogens (tertiary/aromatic N) is 1. The molecule has 1 aromatic carbocycles. The molecule has 2 N–H and O–H groups in total. The molecule has 6 heteroatoms. The summed E-state index contributed by atoms with van der Waals surface area (Å²) in [6.07, 6.45) is 3.39. The molecule has 1 heterocycles. The Morgan fingerprint density at radius 3 is 2.22 bits per heavy atom. The van der Waals surface area contributed by atoms with Crippen LogP contribution in [0.5, 0.6) is 0 Å². The Labute approximate surface area is 162 Å². The SMILES string of the molecule is CCCN(CCC)C(=O)c1ccc(NC(=O)C2(COC)CCNCC2)cc1. The Kier molecular flexibility index (Phi) is 8.25. The summed E-state index contributed by atoms with van der Waals surface area (Å²) in [5.41, 5.74) is 0.875. The highest BCUT2D eigenvalue weighted by Gasteiger charge is 2.39. The highest BCUT2D eigenvalue weighted by Crippen LogP contribution is 2.31. The zero-order chi connectivity index (χ0) is 19.7. The van der Waals surface area contributed by atoms with Crippen LogP contribution in [-0.2, 0) is 9.53 Å². The normalized spacial score (nSPS) is 16.0. The molecule has 1 fully saturated rings. The number of anilines is 1. The monoisotopic (exact) mass is 375 g/mol. The van der Waals surface area contributed by atoms with E-state index in [1.807, 2.05) is 17.0 Å². The lowest BCUT2D eigenvalue weighted by molar-refractivity contribution is -0.130. The number of benzene rings is 1. The maximum Gasteiger partial charge on any atom is 0.253 e. The van der Waals surface area contributed by atoms with Gasteiger partial charge >= 0.3 is 0 Å². The third kappa shape index (κ3) is 5.53. The van der Waals surface area contributed by atoms with Crippen LogP contribution in [0.4, 0.5) is 5.69 Å². The van der Waals surface area contributed by atoms with Gasteiger partial charge in [-0.25, -0.2) is 0 Å². The third-order valence-electron chi connectivity index (χ3n) is 5.13. The lowest BCUT2D eigenvalue weighted by Gasteiger charge is -2.35. The second kappa shape index (κ2) is 10.4. The zero-order valence-corrected chi connectivity index (χ0v) is 16.8. The van der Waals surface area contributed by atoms with Crippen molar-refractivity contribution in [2.75, 3.05) is 45.2 Å². The van der Waals surface area contributed by atoms with Crippen molar-refractivity contribution >= 4 is 17.5 Å². The fourth-order valence-electron chi connectivity index (χ4n) is 3.62. The van der Waals surface area contributed by atoms with Crippen molar-refractivity contribution in [1.82, 2.24) is 10.2 Å². The number of piperidine rings is 1. The molecule has 1 aromatic rings. The van der Waals surface area contributed by atoms with Crippen molar-refractivity contribution < 1.29 is 14.3 Å². The molecule has 2 rings (SSSR count). The number of ether oxygens (including phenoxy) is 1. The summed E-state index contributed by atoms with van der Waals surface area (Å²) >= 11 is 0. The van der Waals surface area contributed by atoms with Crippen LogP contribution in [-0.4, -0.2) is 56.6 Å². The largest absolute Gasteiger partial charge is 0.384 e. The standard InChI is InChI=1S/C21H33N3O3/c1-4-14-24(15-5-2)19(25)17-6-8-18(9-7-17)23-20(26)21(16-27-3)10-12-22-13-11-21/h6-9,22H,4-5,10-16H2,1-3H3,(H,23,26). The zero-order valence-electron chi connectivity index (χ0n) is 16.8. The second-order valence-electron chi connectivity index (χ2n) is 7.29. The fraction of sp³-hybridized carbons (Fsp3) is 0.619. The van der Waals surface area contributed by atoms with E-state index in [0.717, 1.165) is 51.9 Å². The minimum atomic E-state index is -0.493. The van der Waals surface area contributed by atoms with Crippen molar-refractivity contribution in [3.05, 3.63) is 29.8 Å². The van der Waals surface area contributed by atoms with Crippen molar-refractivity contribution in [2.45, 2.75) is 39.5 Å². The second-order valence-corrected chi connectivity index (χ2v) is 7.29. The van der Waals surface area contributed by atoms with Crippen LogP contribution in [0.2, 0.25) is 0 Å². The van der Waals surface area contributed by atoms with E-state index in [2.05, 4.69) is 24.5 Å². The maximum absolute atomic E-state index is 12.9. The van der Waals surface area contributed by atoms with Crippen LogP contribution in [0.25, 0.3) is 0 Å². The molecule has 0 radical (unpaired) electrons. The maximum atomic E-state index is 12.9. The van der Waals surface area contributed by atoms with Gasteiger partial charge in [-0.15, -0.1) is 0 Å². The number of nitrogens with one attached hydrogen (secondary N) is 2. The quantitative estimate of drug-likeness (QED) is 0.696. The summed E-state index contributed by atoms with van der Waals surface area (Å²) in [5, 5.41) is 6.30. The molecule has 0 saturated carbocycles. The minimum Gasteiger partial charge on any atom is -0.384 e. The van der Waals surface area contributed by atoms with Gasteiger partial charge in [0, 0.05) is 31.5 Å². The molecule has 0 atom stereocenters. The molecule has 0 bridgehead atoms. The van der Waals surface area contributed by atoms with E-state index in [9.17, 15) is 9.59 Å². The number of methoxy groups -OCH3 is 1. The predicted octanol–water partition coefficient (Wildman–Crippen LogP) is 2.90. The van der Waals surface area contributed by atoms with E-state index in [1.54, 1.807) is 19.2 Å². The predicted molar refractivity (Wildman–Crippen MR) is 108 cm³/mol. The summed E-state index contributed by atoms with van der Waals surface area (Å²) < 4.78 is 5.33. The van der Waals surface area contributed by atoms with Crippen molar-refractivity contribution in [3.8, 4) is 0 Å². The van der Waals surface area contributed by atoms with Crippen LogP contribution in [0.15, 0.2) is 24.3 Å². The van der Waals surface area contributed by atoms with Gasteiger partial charge in [0.25, 0.3) is 5.91 Å². The van der Waals surface area contributed by atoms with Crippen molar-refractivity contribution in [3.63, 3.8) is 0 Å². The van der Waals surface area contributed by atoms with Gasteiger partial charge in [0.05, 0.1) is 12.0 Å². The van der Waals surface area contributed by atoms with Crippen LogP contribution in [0, 0.1) is 5.41 Å². The smallest absolute Gasteiger partial charge is 0.253 e. The lowest BCUT2D eigenvalue weighted by atomic mass is 9.78. The molecule has 0 unspecified atom stereocenters. The minimum absolute atomic E-state index is 0.0106. The molecule has 0 spiro atoms. The Hall–Kier alpha value is -1.92. The van der Waals surface area contributed by atoms with E-state index in [-0.39, 0.29) is 11.8 Å². The van der Waals surface area contributed by atoms with E-state index in [0.29, 0.717) is 17.9 Å². The van der Waals surface area contributed by atoms with E-state index in [1.165, 1.54) is 0 Å². The average molecular weight is 376 g/mol. The third-order valence-corrected chi connectivity index (χ3v) is 5.13. The number of amides is 2. The summed E-state index contributed by atoms with van der Waals surface area (Å²) in [4.78, 5) is 27.4. The van der Waals surface area contributed by atoms with Gasteiger partial charge in [-0.05, 0) is 63.0 Å². The molecule has 1 saturated heterocycles. The molecule has 150 valence electrons. The van der Waals surface area contributed by atoms with Crippen molar-refractivity contribution in [2.24, 2.45) is 5.41 Å². The Morgan fingerprint density at radius 2 is 1.70 bits per heavy atom. The van der Waals surface area contributed by atoms with Crippen LogP contribution < -0.4 is 10.6 Å². The number of hydrogen-bond acceptors (Lipinski definition) is 4. The lowest BCUT2D eigenvalue weighted by Crippen LogP contribution is -2.47. The first-order valence-electron chi connectivity index (χ1n) is 9.96. The van der Waals surface area contributed by atoms with Crippen molar-refractivity contribution in [1.29, 1.82) is 0 Å². The molecular formula is C21H33N3O3. The molecular weight excluding hydrogens is 342 g/mol. The van der Waals surface area contributed by atoms with E-state index < -0.39 is 5.41 Å². The molecule has 27 heavy (non-hydrogen) atoms. The molecule has 0 aromatic heterocycles. The summed E-state index contributed by atoms with van der Waals surface area (Å²) in [6.45, 7) is 7.72. The first-order chi connectivity index (χ1) is 13.1. The van der Waals surface area contributed by atoms with Gasteiger partial charge in [-0.2, -0.15) is 0 Å². The van der Waals surface area contributed by atoms with Gasteiger partial charge < -0.3 is 20.3 Å². The summed E-state index contributed by atoms with van der Waals surface area (Å²) in [7, 11) is 1.63. The Balaban J connectivity index is 2.05. The highest BCUT2D eigenvalue weighted by molar-refractivity contribution is 5.97. The average Bonchev–Trinajstić information content (AvgIpc) is 2.69. The van der Waals surface area contributed by atoms with Gasteiger partial charge in [-0.3, -0.25) is 9.59 Å². The van der Waals surface area contributed by atoms with Gasteiger partial charge in [-0.1, -0.05) is 13.8 Å².